The normalized spacial score (nSPS) is 23.4. The van der Waals surface area contributed by atoms with Gasteiger partial charge in [0.1, 0.15) is 0 Å². The van der Waals surface area contributed by atoms with E-state index >= 15 is 0 Å². The maximum atomic E-state index is 6.47. The van der Waals surface area contributed by atoms with Crippen LogP contribution in [0.4, 0.5) is 5.69 Å². The quantitative estimate of drug-likeness (QED) is 0.746. The number of anilines is 1. The fourth-order valence-corrected chi connectivity index (χ4v) is 3.60. The lowest BCUT2D eigenvalue weighted by atomic mass is 9.97. The van der Waals surface area contributed by atoms with Gasteiger partial charge in [0, 0.05) is 29.6 Å². The third-order valence-electron chi connectivity index (χ3n) is 4.02. The average Bonchev–Trinajstić information content (AvgIpc) is 2.44. The molecule has 1 aliphatic rings. The van der Waals surface area contributed by atoms with Crippen LogP contribution in [0, 0.1) is 5.92 Å². The van der Waals surface area contributed by atoms with Gasteiger partial charge in [-0.2, -0.15) is 0 Å². The monoisotopic (exact) mass is 378 g/mol. The van der Waals surface area contributed by atoms with Crippen LogP contribution in [0.1, 0.15) is 27.2 Å². The number of benzene rings is 1. The lowest BCUT2D eigenvalue weighted by Gasteiger charge is -2.44. The Balaban J connectivity index is 2.37. The molecule has 2 nitrogen and oxygen atoms in total. The number of hydrogen-bond acceptors (Lipinski definition) is 2. The van der Waals surface area contributed by atoms with Crippen molar-refractivity contribution in [3.63, 3.8) is 0 Å². The van der Waals surface area contributed by atoms with E-state index in [2.05, 4.69) is 53.0 Å². The summed E-state index contributed by atoms with van der Waals surface area (Å²) in [6.07, 6.45) is 1.11. The molecule has 112 valence electrons. The van der Waals surface area contributed by atoms with E-state index in [1.54, 1.807) is 0 Å². The van der Waals surface area contributed by atoms with Gasteiger partial charge in [0.2, 0.25) is 0 Å². The minimum Gasteiger partial charge on any atom is -0.364 e. The molecule has 1 saturated heterocycles. The van der Waals surface area contributed by atoms with Gasteiger partial charge in [0.15, 0.2) is 0 Å². The smallest absolute Gasteiger partial charge is 0.0837 e. The van der Waals surface area contributed by atoms with E-state index < -0.39 is 0 Å². The van der Waals surface area contributed by atoms with Crippen molar-refractivity contribution in [3.8, 4) is 0 Å². The summed E-state index contributed by atoms with van der Waals surface area (Å²) in [5, 5.41) is 4.86. The summed E-state index contributed by atoms with van der Waals surface area (Å²) in [5.74, 6) is 0.554. The minimum absolute atomic E-state index is 0.438. The van der Waals surface area contributed by atoms with E-state index in [1.165, 1.54) is 0 Å². The third kappa shape index (κ3) is 3.27. The molecular weight excluding hydrogens is 359 g/mol. The van der Waals surface area contributed by atoms with E-state index in [0.29, 0.717) is 28.0 Å². The van der Waals surface area contributed by atoms with Crippen molar-refractivity contribution < 1.29 is 0 Å². The molecule has 20 heavy (non-hydrogen) atoms. The predicted molar refractivity (Wildman–Crippen MR) is 92.2 cm³/mol. The molecular formula is C15H21BrCl2N2. The van der Waals surface area contributed by atoms with E-state index in [-0.39, 0.29) is 0 Å². The second-order valence-electron chi connectivity index (χ2n) is 5.67. The van der Waals surface area contributed by atoms with Gasteiger partial charge in [-0.15, -0.1) is 0 Å². The largest absolute Gasteiger partial charge is 0.364 e. The molecule has 1 aromatic carbocycles. The molecule has 0 aliphatic carbocycles. The van der Waals surface area contributed by atoms with Crippen LogP contribution in [0.2, 0.25) is 10.0 Å². The standard InChI is InChI=1S/C15H21BrCl2N2/c1-4-10-8-20(13(7-19-10)9(2)3)12-6-5-11(16)14(17)15(12)18/h5-6,9-10,13,19H,4,7-8H2,1-3H3. The van der Waals surface area contributed by atoms with Crippen LogP contribution in [0.25, 0.3) is 0 Å². The minimum atomic E-state index is 0.438. The first-order chi connectivity index (χ1) is 9.45. The summed E-state index contributed by atoms with van der Waals surface area (Å²) in [6.45, 7) is 8.67. The van der Waals surface area contributed by atoms with Gasteiger partial charge < -0.3 is 10.2 Å². The summed E-state index contributed by atoms with van der Waals surface area (Å²) in [4.78, 5) is 2.41. The zero-order chi connectivity index (χ0) is 14.9. The number of halogens is 3. The topological polar surface area (TPSA) is 15.3 Å². The fraction of sp³-hybridized carbons (Fsp3) is 0.600. The second kappa shape index (κ2) is 6.87. The van der Waals surface area contributed by atoms with Crippen LogP contribution in [-0.4, -0.2) is 25.2 Å². The molecule has 2 atom stereocenters. The zero-order valence-electron chi connectivity index (χ0n) is 12.1. The zero-order valence-corrected chi connectivity index (χ0v) is 15.2. The van der Waals surface area contributed by atoms with E-state index in [0.717, 1.165) is 29.7 Å². The lowest BCUT2D eigenvalue weighted by Crippen LogP contribution is -2.58. The number of rotatable bonds is 3. The molecule has 1 heterocycles. The van der Waals surface area contributed by atoms with E-state index in [1.807, 2.05) is 6.07 Å². The van der Waals surface area contributed by atoms with Crippen LogP contribution in [0.15, 0.2) is 16.6 Å². The Bertz CT molecular complexity index is 479. The van der Waals surface area contributed by atoms with Crippen molar-refractivity contribution in [3.05, 3.63) is 26.7 Å². The van der Waals surface area contributed by atoms with E-state index in [4.69, 9.17) is 23.2 Å². The molecule has 0 aromatic heterocycles. The van der Waals surface area contributed by atoms with Crippen molar-refractivity contribution >= 4 is 44.8 Å². The molecule has 1 aromatic rings. The molecule has 2 rings (SSSR count). The molecule has 0 spiro atoms. The summed E-state index contributed by atoms with van der Waals surface area (Å²) < 4.78 is 0.844. The van der Waals surface area contributed by atoms with Gasteiger partial charge in [-0.1, -0.05) is 44.0 Å². The van der Waals surface area contributed by atoms with Crippen LogP contribution >= 0.6 is 39.1 Å². The highest BCUT2D eigenvalue weighted by atomic mass is 79.9. The molecule has 2 unspecified atom stereocenters. The van der Waals surface area contributed by atoms with E-state index in [9.17, 15) is 0 Å². The maximum Gasteiger partial charge on any atom is 0.0837 e. The molecule has 0 amide bonds. The molecule has 5 heteroatoms. The lowest BCUT2D eigenvalue weighted by molar-refractivity contribution is 0.333. The molecule has 1 aliphatic heterocycles. The summed E-state index contributed by atoms with van der Waals surface area (Å²) in [6, 6.07) is 4.98. The van der Waals surface area contributed by atoms with Gasteiger partial charge in [0.05, 0.1) is 15.7 Å². The van der Waals surface area contributed by atoms with Crippen molar-refractivity contribution in [2.24, 2.45) is 5.92 Å². The highest BCUT2D eigenvalue weighted by Crippen LogP contribution is 2.39. The molecule has 1 N–H and O–H groups in total. The summed E-state index contributed by atoms with van der Waals surface area (Å²) in [7, 11) is 0. The Morgan fingerprint density at radius 2 is 2.05 bits per heavy atom. The van der Waals surface area contributed by atoms with Crippen molar-refractivity contribution in [1.82, 2.24) is 5.32 Å². The number of nitrogens with zero attached hydrogens (tertiary/aromatic N) is 1. The molecule has 0 radical (unpaired) electrons. The number of piperazine rings is 1. The Kier molecular flexibility index (Phi) is 5.63. The maximum absolute atomic E-state index is 6.47. The first kappa shape index (κ1) is 16.4. The van der Waals surface area contributed by atoms with Gasteiger partial charge in [-0.3, -0.25) is 0 Å². The fourth-order valence-electron chi connectivity index (χ4n) is 2.72. The van der Waals surface area contributed by atoms with Crippen LogP contribution in [0.3, 0.4) is 0 Å². The number of nitrogens with one attached hydrogen (secondary N) is 1. The Labute approximate surface area is 139 Å². The Hall–Kier alpha value is 0.0400. The van der Waals surface area contributed by atoms with Gasteiger partial charge in [-0.05, 0) is 40.4 Å². The van der Waals surface area contributed by atoms with Gasteiger partial charge >= 0.3 is 0 Å². The first-order valence-electron chi connectivity index (χ1n) is 7.09. The SMILES string of the molecule is CCC1CN(c2ccc(Br)c(Cl)c2Cl)C(C(C)C)CN1. The average molecular weight is 380 g/mol. The third-order valence-corrected chi connectivity index (χ3v) is 5.78. The first-order valence-corrected chi connectivity index (χ1v) is 8.64. The molecule has 1 fully saturated rings. The van der Waals surface area contributed by atoms with Crippen LogP contribution in [-0.2, 0) is 0 Å². The molecule has 0 bridgehead atoms. The predicted octanol–water partition coefficient (Wildman–Crippen LogP) is 4.97. The van der Waals surface area contributed by atoms with Crippen molar-refractivity contribution in [2.45, 2.75) is 39.3 Å². The van der Waals surface area contributed by atoms with Gasteiger partial charge in [-0.25, -0.2) is 0 Å². The van der Waals surface area contributed by atoms with Crippen LogP contribution < -0.4 is 10.2 Å². The number of hydrogen-bond donors (Lipinski definition) is 1. The molecule has 0 saturated carbocycles. The summed E-state index contributed by atoms with van der Waals surface area (Å²) in [5.41, 5.74) is 1.04. The summed E-state index contributed by atoms with van der Waals surface area (Å²) >= 11 is 16.2. The second-order valence-corrected chi connectivity index (χ2v) is 7.28. The van der Waals surface area contributed by atoms with Crippen molar-refractivity contribution in [2.75, 3.05) is 18.0 Å². The van der Waals surface area contributed by atoms with Crippen molar-refractivity contribution in [1.29, 1.82) is 0 Å². The highest BCUT2D eigenvalue weighted by Gasteiger charge is 2.31. The van der Waals surface area contributed by atoms with Gasteiger partial charge in [0.25, 0.3) is 0 Å². The Morgan fingerprint density at radius 3 is 2.65 bits per heavy atom. The highest BCUT2D eigenvalue weighted by molar-refractivity contribution is 9.10. The van der Waals surface area contributed by atoms with Crippen LogP contribution in [0.5, 0.6) is 0 Å². The Morgan fingerprint density at radius 1 is 1.35 bits per heavy atom.